The van der Waals surface area contributed by atoms with E-state index in [0.29, 0.717) is 12.8 Å². The van der Waals surface area contributed by atoms with Gasteiger partial charge in [0.15, 0.2) is 18.7 Å². The van der Waals surface area contributed by atoms with Gasteiger partial charge in [0, 0.05) is 12.8 Å². The first-order valence-corrected chi connectivity index (χ1v) is 20.1. The summed E-state index contributed by atoms with van der Waals surface area (Å²) in [6, 6.07) is 0. The van der Waals surface area contributed by atoms with Crippen molar-refractivity contribution in [1.29, 1.82) is 0 Å². The molecule has 2 heterocycles. The van der Waals surface area contributed by atoms with E-state index in [1.165, 1.54) is 44.9 Å². The monoisotopic (exact) mass is 766 g/mol. The Morgan fingerprint density at radius 3 is 1.47 bits per heavy atom. The SMILES string of the molecule is CCCCCCCCCCCCCC(=O)OC[C@H](CO[C@@H]1O[C@@H](CO[C@H]2O[C@@H](CO)[C@H](O)[C@H](O)[C@H]2O)[C@H](O)[C@H](O)[C@@H]1O)OC(=O)CCCCCCCC. The molecule has 0 bridgehead atoms. The van der Waals surface area contributed by atoms with Gasteiger partial charge < -0.3 is 64.2 Å². The van der Waals surface area contributed by atoms with Crippen molar-refractivity contribution >= 4 is 11.9 Å². The van der Waals surface area contributed by atoms with Crippen LogP contribution in [0.25, 0.3) is 0 Å². The van der Waals surface area contributed by atoms with Crippen LogP contribution in [0.2, 0.25) is 0 Å². The average Bonchev–Trinajstić information content (AvgIpc) is 3.15. The van der Waals surface area contributed by atoms with Gasteiger partial charge in [-0.3, -0.25) is 9.59 Å². The van der Waals surface area contributed by atoms with Crippen LogP contribution in [0.1, 0.15) is 136 Å². The molecule has 2 rings (SSSR count). The van der Waals surface area contributed by atoms with Crippen LogP contribution in [0.5, 0.6) is 0 Å². The Morgan fingerprint density at radius 2 is 0.962 bits per heavy atom. The largest absolute Gasteiger partial charge is 0.462 e. The van der Waals surface area contributed by atoms with Crippen LogP contribution in [0, 0.1) is 0 Å². The van der Waals surface area contributed by atoms with Crippen LogP contribution in [0.3, 0.4) is 0 Å². The number of esters is 2. The molecule has 0 aliphatic carbocycles. The molecule has 11 atom stereocenters. The Labute approximate surface area is 315 Å². The quantitative estimate of drug-likeness (QED) is 0.0429. The Hall–Kier alpha value is -1.50. The molecule has 0 amide bonds. The maximum atomic E-state index is 12.7. The first-order chi connectivity index (χ1) is 25.5. The van der Waals surface area contributed by atoms with Crippen LogP contribution in [-0.2, 0) is 38.0 Å². The second-order valence-electron chi connectivity index (χ2n) is 14.5. The molecule has 0 aromatic heterocycles. The van der Waals surface area contributed by atoms with Gasteiger partial charge in [-0.15, -0.1) is 0 Å². The van der Waals surface area contributed by atoms with Gasteiger partial charge >= 0.3 is 11.9 Å². The molecule has 312 valence electrons. The molecule has 2 fully saturated rings. The Bertz CT molecular complexity index is 955. The highest BCUT2D eigenvalue weighted by molar-refractivity contribution is 5.70. The third-order valence-electron chi connectivity index (χ3n) is 9.84. The van der Waals surface area contributed by atoms with Crippen molar-refractivity contribution in [2.75, 3.05) is 26.4 Å². The van der Waals surface area contributed by atoms with Crippen molar-refractivity contribution in [1.82, 2.24) is 0 Å². The van der Waals surface area contributed by atoms with Crippen molar-refractivity contribution in [2.45, 2.75) is 203 Å². The molecule has 0 radical (unpaired) electrons. The molecule has 0 unspecified atom stereocenters. The third-order valence-corrected chi connectivity index (χ3v) is 9.84. The lowest BCUT2D eigenvalue weighted by Gasteiger charge is -2.42. The lowest BCUT2D eigenvalue weighted by Crippen LogP contribution is -2.61. The first kappa shape index (κ1) is 47.7. The number of aliphatic hydroxyl groups excluding tert-OH is 7. The summed E-state index contributed by atoms with van der Waals surface area (Å²) in [6.07, 6.45) is 2.08. The normalized spacial score (nSPS) is 29.5. The Kier molecular flexibility index (Phi) is 25.2. The summed E-state index contributed by atoms with van der Waals surface area (Å²) in [7, 11) is 0. The highest BCUT2D eigenvalue weighted by Gasteiger charge is 2.47. The molecule has 15 heteroatoms. The maximum Gasteiger partial charge on any atom is 0.306 e. The van der Waals surface area contributed by atoms with Crippen molar-refractivity contribution in [3.8, 4) is 0 Å². The molecule has 15 nitrogen and oxygen atoms in total. The molecule has 7 N–H and O–H groups in total. The zero-order valence-electron chi connectivity index (χ0n) is 32.0. The predicted octanol–water partition coefficient (Wildman–Crippen LogP) is 2.53. The van der Waals surface area contributed by atoms with Crippen molar-refractivity contribution in [3.05, 3.63) is 0 Å². The van der Waals surface area contributed by atoms with Gasteiger partial charge in [-0.1, -0.05) is 110 Å². The zero-order valence-corrected chi connectivity index (χ0v) is 32.0. The first-order valence-electron chi connectivity index (χ1n) is 20.1. The number of ether oxygens (including phenoxy) is 6. The van der Waals surface area contributed by atoms with Gasteiger partial charge in [0.1, 0.15) is 55.4 Å². The maximum absolute atomic E-state index is 12.7. The molecule has 2 saturated heterocycles. The number of hydrogen-bond acceptors (Lipinski definition) is 15. The number of carbonyl (C=O) groups excluding carboxylic acids is 2. The van der Waals surface area contributed by atoms with Crippen LogP contribution in [0.4, 0.5) is 0 Å². The summed E-state index contributed by atoms with van der Waals surface area (Å²) in [4.78, 5) is 25.3. The number of hydrogen-bond donors (Lipinski definition) is 7. The van der Waals surface area contributed by atoms with E-state index < -0.39 is 92.7 Å². The standard InChI is InChI=1S/C38H70O15/c1-3-5-7-9-11-12-13-14-15-17-18-20-29(40)48-23-26(51-30(41)21-19-16-10-8-6-4-2)24-49-37-36(47)34(45)32(43)28(53-37)25-50-38-35(46)33(44)31(42)27(22-39)52-38/h26-28,31-39,42-47H,3-25H2,1-2H3/t26-,27+,28+,31+,32+,33+,34+,35-,36+,37-,38+/m1/s1. The van der Waals surface area contributed by atoms with Crippen molar-refractivity contribution in [3.63, 3.8) is 0 Å². The summed E-state index contributed by atoms with van der Waals surface area (Å²) in [6.45, 7) is 2.47. The summed E-state index contributed by atoms with van der Waals surface area (Å²) < 4.78 is 33.2. The van der Waals surface area contributed by atoms with E-state index in [9.17, 15) is 45.3 Å². The van der Waals surface area contributed by atoms with Crippen molar-refractivity contribution in [2.24, 2.45) is 0 Å². The minimum Gasteiger partial charge on any atom is -0.462 e. The highest BCUT2D eigenvalue weighted by atomic mass is 16.7. The van der Waals surface area contributed by atoms with Crippen LogP contribution in [-0.4, -0.2) is 142 Å². The Morgan fingerprint density at radius 1 is 0.528 bits per heavy atom. The van der Waals surface area contributed by atoms with E-state index >= 15 is 0 Å². The van der Waals surface area contributed by atoms with Gasteiger partial charge in [0.2, 0.25) is 0 Å². The Balaban J connectivity index is 1.88. The molecule has 2 aliphatic rings. The molecule has 0 aromatic carbocycles. The fourth-order valence-electron chi connectivity index (χ4n) is 6.39. The highest BCUT2D eigenvalue weighted by Crippen LogP contribution is 2.26. The van der Waals surface area contributed by atoms with E-state index in [4.69, 9.17) is 28.4 Å². The van der Waals surface area contributed by atoms with E-state index in [1.807, 2.05) is 0 Å². The van der Waals surface area contributed by atoms with Crippen LogP contribution in [0.15, 0.2) is 0 Å². The van der Waals surface area contributed by atoms with Gasteiger partial charge in [-0.25, -0.2) is 0 Å². The fourth-order valence-corrected chi connectivity index (χ4v) is 6.39. The molecular weight excluding hydrogens is 696 g/mol. The smallest absolute Gasteiger partial charge is 0.306 e. The summed E-state index contributed by atoms with van der Waals surface area (Å²) >= 11 is 0. The van der Waals surface area contributed by atoms with Crippen molar-refractivity contribution < 1.29 is 73.8 Å². The van der Waals surface area contributed by atoms with Crippen LogP contribution < -0.4 is 0 Å². The topological polar surface area (TPSA) is 231 Å². The predicted molar refractivity (Wildman–Crippen MR) is 192 cm³/mol. The zero-order chi connectivity index (χ0) is 39.0. The lowest BCUT2D eigenvalue weighted by molar-refractivity contribution is -0.332. The molecule has 53 heavy (non-hydrogen) atoms. The molecule has 0 saturated carbocycles. The summed E-state index contributed by atoms with van der Waals surface area (Å²) in [5, 5.41) is 71.4. The third kappa shape index (κ3) is 18.3. The second-order valence-corrected chi connectivity index (χ2v) is 14.5. The van der Waals surface area contributed by atoms with E-state index in [-0.39, 0.29) is 26.1 Å². The number of unbranched alkanes of at least 4 members (excludes halogenated alkanes) is 15. The minimum atomic E-state index is -1.76. The minimum absolute atomic E-state index is 0.167. The molecular formula is C38H70O15. The summed E-state index contributed by atoms with van der Waals surface area (Å²) in [5.74, 6) is -0.933. The second kappa shape index (κ2) is 28.0. The molecule has 0 spiro atoms. The number of rotatable bonds is 29. The lowest BCUT2D eigenvalue weighted by atomic mass is 9.98. The summed E-state index contributed by atoms with van der Waals surface area (Å²) in [5.41, 5.74) is 0. The van der Waals surface area contributed by atoms with E-state index in [1.54, 1.807) is 0 Å². The average molecular weight is 767 g/mol. The molecule has 2 aliphatic heterocycles. The number of carbonyl (C=O) groups is 2. The van der Waals surface area contributed by atoms with Crippen LogP contribution >= 0.6 is 0 Å². The van der Waals surface area contributed by atoms with E-state index in [0.717, 1.165) is 51.4 Å². The molecule has 0 aromatic rings. The van der Waals surface area contributed by atoms with Gasteiger partial charge in [0.05, 0.1) is 19.8 Å². The van der Waals surface area contributed by atoms with Gasteiger partial charge in [0.25, 0.3) is 0 Å². The van der Waals surface area contributed by atoms with Gasteiger partial charge in [-0.05, 0) is 12.8 Å². The fraction of sp³-hybridized carbons (Fsp3) is 0.947. The van der Waals surface area contributed by atoms with Gasteiger partial charge in [-0.2, -0.15) is 0 Å². The number of aliphatic hydroxyl groups is 7. The van der Waals surface area contributed by atoms with E-state index in [2.05, 4.69) is 13.8 Å².